The van der Waals surface area contributed by atoms with E-state index >= 15 is 0 Å². The Balaban J connectivity index is 2.02. The van der Waals surface area contributed by atoms with Crippen LogP contribution in [0.25, 0.3) is 0 Å². The molecule has 0 radical (unpaired) electrons. The van der Waals surface area contributed by atoms with Crippen molar-refractivity contribution in [2.75, 3.05) is 31.7 Å². The van der Waals surface area contributed by atoms with E-state index in [1.165, 1.54) is 23.8 Å². The molecular formula is C45H69N11O12S. The molecule has 3 rings (SSSR count). The molecule has 2 heterocycles. The number of hydrogen-bond donors (Lipinski definition) is 10. The predicted molar refractivity (Wildman–Crippen MR) is 253 cm³/mol. The second-order valence-corrected chi connectivity index (χ2v) is 18.8. The third kappa shape index (κ3) is 18.9. The lowest BCUT2D eigenvalue weighted by Gasteiger charge is -2.31. The lowest BCUT2D eigenvalue weighted by Crippen LogP contribution is -2.61. The summed E-state index contributed by atoms with van der Waals surface area (Å²) in [6.45, 7) is 6.75. The molecule has 2 aliphatic rings. The Morgan fingerprint density at radius 3 is 2.07 bits per heavy atom. The topological polar surface area (TPSA) is 363 Å². The average Bonchev–Trinajstić information content (AvgIpc) is 3.79. The van der Waals surface area contributed by atoms with Crippen molar-refractivity contribution >= 4 is 76.7 Å². The van der Waals surface area contributed by atoms with Crippen LogP contribution in [-0.4, -0.2) is 144 Å². The Kier molecular flexibility index (Phi) is 23.2. The molecule has 13 N–H and O–H groups in total. The van der Waals surface area contributed by atoms with E-state index in [2.05, 4.69) is 37.2 Å². The molecule has 0 bridgehead atoms. The number of rotatable bonds is 18. The molecule has 0 unspecified atom stereocenters. The van der Waals surface area contributed by atoms with Crippen LogP contribution in [0.4, 0.5) is 0 Å². The number of thioether (sulfide) groups is 1. The molecule has 69 heavy (non-hydrogen) atoms. The van der Waals surface area contributed by atoms with Gasteiger partial charge in [-0.3, -0.25) is 52.7 Å². The molecule has 2 fully saturated rings. The Labute approximate surface area is 405 Å². The number of nitrogens with one attached hydrogen (secondary N) is 7. The number of carbonyl (C=O) groups is 11. The highest BCUT2D eigenvalue weighted by molar-refractivity contribution is 7.99. The number of primary amides is 3. The van der Waals surface area contributed by atoms with Crippen LogP contribution in [0.2, 0.25) is 0 Å². The molecule has 23 nitrogen and oxygen atoms in total. The number of likely N-dealkylation sites (tertiary alicyclic amines) is 1. The van der Waals surface area contributed by atoms with E-state index in [4.69, 9.17) is 21.9 Å². The Bertz CT molecular complexity index is 2020. The molecule has 24 heteroatoms. The SMILES string of the molecule is CC[C@H](C)[C@@H]1NC(=O)[C@H](Cc2ccc(OC)cc2)NC(=O)CCCSC[C@H](C(=O)N2CCC[C@@H]2C(=O)N[C@H](CC(C)C)C(=O)NCC(N)=O)NC(=O)[C@@H](CC(N)=O)NC(=O)[C@@H](CCC(N)=O)NC1=O. The molecule has 0 spiro atoms. The summed E-state index contributed by atoms with van der Waals surface area (Å²) in [5.74, 6) is -8.59. The van der Waals surface area contributed by atoms with Crippen LogP contribution in [0.15, 0.2) is 24.3 Å². The number of hydrogen-bond acceptors (Lipinski definition) is 13. The summed E-state index contributed by atoms with van der Waals surface area (Å²) >= 11 is 1.18. The quantitative estimate of drug-likeness (QED) is 0.0728. The van der Waals surface area contributed by atoms with Gasteiger partial charge in [-0.25, -0.2) is 0 Å². The van der Waals surface area contributed by atoms with Gasteiger partial charge in [0.05, 0.1) is 20.1 Å². The van der Waals surface area contributed by atoms with Crippen LogP contribution < -0.4 is 59.2 Å². The standard InChI is InChI=1S/C45H69N11O12S/c1-6-25(4)38-44(66)51-28(15-16-34(46)57)40(62)52-31(21-35(47)58)41(63)54-32(23-69-18-8-10-37(60)50-30(42(64)55-38)20-26-11-13-27(68-5)14-12-26)45(67)56-17-7-9-33(56)43(65)53-29(19-24(2)3)39(61)49-22-36(48)59/h11-14,24-25,28-33,38H,6-10,15-23H2,1-5H3,(H2,46,57)(H2,47,58)(H2,48,59)(H,49,61)(H,50,60)(H,51,66)(H,52,62)(H,53,65)(H,54,63)(H,55,64)/t25-,28+,29+,30-,31+,32+,33+,38-/m0/s1. The van der Waals surface area contributed by atoms with Gasteiger partial charge in [0.25, 0.3) is 0 Å². The summed E-state index contributed by atoms with van der Waals surface area (Å²) in [4.78, 5) is 148. The maximum Gasteiger partial charge on any atom is 0.246 e. The molecule has 0 aromatic heterocycles. The van der Waals surface area contributed by atoms with Gasteiger partial charge in [0.2, 0.25) is 65.0 Å². The first-order valence-corrected chi connectivity index (χ1v) is 24.2. The van der Waals surface area contributed by atoms with Gasteiger partial charge in [0.15, 0.2) is 0 Å². The molecule has 11 amide bonds. The summed E-state index contributed by atoms with van der Waals surface area (Å²) in [6, 6.07) is -2.40. The summed E-state index contributed by atoms with van der Waals surface area (Å²) in [5.41, 5.74) is 16.8. The van der Waals surface area contributed by atoms with Gasteiger partial charge in [-0.1, -0.05) is 46.2 Å². The smallest absolute Gasteiger partial charge is 0.246 e. The van der Waals surface area contributed by atoms with Crippen molar-refractivity contribution in [3.05, 3.63) is 29.8 Å². The van der Waals surface area contributed by atoms with Crippen LogP contribution >= 0.6 is 11.8 Å². The number of ether oxygens (including phenoxy) is 1. The normalized spacial score (nSPS) is 23.2. The van der Waals surface area contributed by atoms with Gasteiger partial charge in [-0.2, -0.15) is 11.8 Å². The number of amides is 11. The lowest BCUT2D eigenvalue weighted by atomic mass is 9.96. The molecule has 8 atom stereocenters. The lowest BCUT2D eigenvalue weighted by molar-refractivity contribution is -0.142. The molecule has 2 aliphatic heterocycles. The van der Waals surface area contributed by atoms with Crippen LogP contribution in [-0.2, 0) is 59.2 Å². The fraction of sp³-hybridized carbons (Fsp3) is 0.622. The largest absolute Gasteiger partial charge is 0.497 e. The van der Waals surface area contributed by atoms with Gasteiger partial charge >= 0.3 is 0 Å². The van der Waals surface area contributed by atoms with Crippen LogP contribution in [0.3, 0.4) is 0 Å². The zero-order valence-corrected chi connectivity index (χ0v) is 40.7. The van der Waals surface area contributed by atoms with Gasteiger partial charge in [-0.15, -0.1) is 0 Å². The number of methoxy groups -OCH3 is 1. The average molecular weight is 988 g/mol. The van der Waals surface area contributed by atoms with Gasteiger partial charge < -0.3 is 64.1 Å². The van der Waals surface area contributed by atoms with E-state index in [0.29, 0.717) is 24.2 Å². The van der Waals surface area contributed by atoms with Gasteiger partial charge in [-0.05, 0) is 67.4 Å². The Morgan fingerprint density at radius 2 is 1.46 bits per heavy atom. The number of nitrogens with two attached hydrogens (primary N) is 3. The Hall–Kier alpha value is -6.46. The minimum atomic E-state index is -1.71. The molecule has 382 valence electrons. The van der Waals surface area contributed by atoms with E-state index in [0.717, 1.165) is 0 Å². The van der Waals surface area contributed by atoms with E-state index in [1.807, 2.05) is 13.8 Å². The predicted octanol–water partition coefficient (Wildman–Crippen LogP) is -2.50. The number of carbonyl (C=O) groups excluding carboxylic acids is 11. The van der Waals surface area contributed by atoms with Crippen molar-refractivity contribution in [2.45, 2.75) is 134 Å². The van der Waals surface area contributed by atoms with Crippen molar-refractivity contribution < 1.29 is 57.5 Å². The summed E-state index contributed by atoms with van der Waals surface area (Å²) < 4.78 is 5.25. The van der Waals surface area contributed by atoms with E-state index in [9.17, 15) is 52.7 Å². The van der Waals surface area contributed by atoms with Crippen molar-refractivity contribution in [2.24, 2.45) is 29.0 Å². The monoisotopic (exact) mass is 987 g/mol. The second-order valence-electron chi connectivity index (χ2n) is 17.6. The van der Waals surface area contributed by atoms with Crippen molar-refractivity contribution in [1.29, 1.82) is 0 Å². The highest BCUT2D eigenvalue weighted by atomic mass is 32.2. The van der Waals surface area contributed by atoms with Crippen molar-refractivity contribution in [1.82, 2.24) is 42.1 Å². The van der Waals surface area contributed by atoms with Crippen molar-refractivity contribution in [3.63, 3.8) is 0 Å². The zero-order valence-electron chi connectivity index (χ0n) is 39.9. The molecule has 2 saturated heterocycles. The molecule has 0 aliphatic carbocycles. The summed E-state index contributed by atoms with van der Waals surface area (Å²) in [6.07, 6.45) is -0.176. The molecule has 1 aromatic rings. The highest BCUT2D eigenvalue weighted by Crippen LogP contribution is 2.22. The van der Waals surface area contributed by atoms with E-state index < -0.39 is 133 Å². The van der Waals surface area contributed by atoms with Gasteiger partial charge in [0.1, 0.15) is 48.0 Å². The van der Waals surface area contributed by atoms with Gasteiger partial charge in [0, 0.05) is 31.6 Å². The first-order chi connectivity index (χ1) is 32.6. The first-order valence-electron chi connectivity index (χ1n) is 23.1. The third-order valence-corrected chi connectivity index (χ3v) is 12.7. The second kappa shape index (κ2) is 28.1. The zero-order chi connectivity index (χ0) is 51.4. The summed E-state index contributed by atoms with van der Waals surface area (Å²) in [7, 11) is 1.50. The number of nitrogens with zero attached hydrogens (tertiary/aromatic N) is 1. The third-order valence-electron chi connectivity index (χ3n) is 11.6. The minimum Gasteiger partial charge on any atom is -0.497 e. The molecular weight excluding hydrogens is 919 g/mol. The maximum atomic E-state index is 14.5. The van der Waals surface area contributed by atoms with E-state index in [-0.39, 0.29) is 62.5 Å². The highest BCUT2D eigenvalue weighted by Gasteiger charge is 2.40. The summed E-state index contributed by atoms with van der Waals surface area (Å²) in [5, 5.41) is 18.2. The maximum absolute atomic E-state index is 14.5. The van der Waals surface area contributed by atoms with Crippen LogP contribution in [0, 0.1) is 11.8 Å². The van der Waals surface area contributed by atoms with Crippen LogP contribution in [0.1, 0.15) is 91.0 Å². The van der Waals surface area contributed by atoms with Crippen molar-refractivity contribution in [3.8, 4) is 5.75 Å². The molecule has 1 aromatic carbocycles. The molecule has 0 saturated carbocycles. The van der Waals surface area contributed by atoms with E-state index in [1.54, 1.807) is 38.1 Å². The fourth-order valence-electron chi connectivity index (χ4n) is 7.68. The fourth-order valence-corrected chi connectivity index (χ4v) is 8.66. The minimum absolute atomic E-state index is 0.0237. The van der Waals surface area contributed by atoms with Crippen LogP contribution in [0.5, 0.6) is 5.75 Å². The number of benzene rings is 1. The Morgan fingerprint density at radius 1 is 0.812 bits per heavy atom. The first kappa shape index (κ1) is 56.9.